The number of nitrogens with two attached hydrogens (primary N) is 1. The van der Waals surface area contributed by atoms with E-state index in [0.29, 0.717) is 26.2 Å². The van der Waals surface area contributed by atoms with Crippen molar-refractivity contribution in [2.45, 2.75) is 39.0 Å². The molecule has 27 heavy (non-hydrogen) atoms. The van der Waals surface area contributed by atoms with Crippen molar-refractivity contribution in [2.24, 2.45) is 5.73 Å². The van der Waals surface area contributed by atoms with Gasteiger partial charge in [0, 0.05) is 38.3 Å². The zero-order valence-corrected chi connectivity index (χ0v) is 16.2. The average Bonchev–Trinajstić information content (AvgIpc) is 2.58. The highest BCUT2D eigenvalue weighted by Gasteiger charge is 2.25. The fourth-order valence-electron chi connectivity index (χ4n) is 2.15. The summed E-state index contributed by atoms with van der Waals surface area (Å²) in [4.78, 5) is 22.6. The van der Waals surface area contributed by atoms with Crippen molar-refractivity contribution < 1.29 is 19.2 Å². The lowest BCUT2D eigenvalue weighted by Gasteiger charge is -2.24. The number of ether oxygens (including phenoxy) is 2. The van der Waals surface area contributed by atoms with Crippen LogP contribution < -0.4 is 16.4 Å². The lowest BCUT2D eigenvalue weighted by atomic mass is 10.2. The lowest BCUT2D eigenvalue weighted by Crippen LogP contribution is -2.46. The summed E-state index contributed by atoms with van der Waals surface area (Å²) >= 11 is 0. The van der Waals surface area contributed by atoms with Crippen molar-refractivity contribution in [1.29, 1.82) is 0 Å². The van der Waals surface area contributed by atoms with E-state index < -0.39 is 16.6 Å². The first kappa shape index (κ1) is 23.0. The zero-order valence-electron chi connectivity index (χ0n) is 16.2. The Morgan fingerprint density at radius 2 is 1.89 bits per heavy atom. The van der Waals surface area contributed by atoms with Crippen molar-refractivity contribution >= 4 is 11.7 Å². The quantitative estimate of drug-likeness (QED) is 0.211. The summed E-state index contributed by atoms with van der Waals surface area (Å²) < 4.78 is 11.0. The van der Waals surface area contributed by atoms with Gasteiger partial charge in [0.2, 0.25) is 0 Å². The van der Waals surface area contributed by atoms with Crippen molar-refractivity contribution in [3.05, 3.63) is 39.9 Å². The Morgan fingerprint density at radius 3 is 2.44 bits per heavy atom. The molecule has 0 aliphatic rings. The number of hydrogen-bond acceptors (Lipinski definition) is 8. The standard InChI is InChI=1S/C18H30N4O5/c1-18(2,3)27-17(23)16(21-11-10-20-9-8-19)13-26-12-14-4-6-15(7-5-14)22(24)25/h4-7,16,20-21H,8-13,19H2,1-3H3. The van der Waals surface area contributed by atoms with Gasteiger partial charge in [-0.05, 0) is 38.5 Å². The SMILES string of the molecule is CC(C)(C)OC(=O)C(COCc1ccc([N+](=O)[O-])cc1)NCCNCCN. The van der Waals surface area contributed by atoms with Crippen LogP contribution in [0.5, 0.6) is 0 Å². The maximum absolute atomic E-state index is 12.4. The van der Waals surface area contributed by atoms with Crippen LogP contribution in [0.2, 0.25) is 0 Å². The van der Waals surface area contributed by atoms with Crippen LogP contribution in [0.25, 0.3) is 0 Å². The van der Waals surface area contributed by atoms with Crippen molar-refractivity contribution in [1.82, 2.24) is 10.6 Å². The number of nitrogens with one attached hydrogen (secondary N) is 2. The second kappa shape index (κ2) is 11.6. The number of carbonyl (C=O) groups excluding carboxylic acids is 1. The molecule has 9 nitrogen and oxygen atoms in total. The number of nitro groups is 1. The predicted molar refractivity (Wildman–Crippen MR) is 102 cm³/mol. The van der Waals surface area contributed by atoms with Crippen molar-refractivity contribution in [3.63, 3.8) is 0 Å². The van der Waals surface area contributed by atoms with Gasteiger partial charge in [-0.2, -0.15) is 0 Å². The van der Waals surface area contributed by atoms with Crippen LogP contribution in [0, 0.1) is 10.1 Å². The van der Waals surface area contributed by atoms with Crippen LogP contribution in [0.15, 0.2) is 24.3 Å². The number of hydrogen-bond donors (Lipinski definition) is 3. The van der Waals surface area contributed by atoms with Crippen LogP contribution in [-0.4, -0.2) is 55.3 Å². The fourth-order valence-corrected chi connectivity index (χ4v) is 2.15. The topological polar surface area (TPSA) is 129 Å². The highest BCUT2D eigenvalue weighted by molar-refractivity contribution is 5.76. The van der Waals surface area contributed by atoms with E-state index in [0.717, 1.165) is 5.56 Å². The molecule has 0 spiro atoms. The summed E-state index contributed by atoms with van der Waals surface area (Å²) in [6.45, 7) is 8.27. The van der Waals surface area contributed by atoms with Gasteiger partial charge in [-0.15, -0.1) is 0 Å². The van der Waals surface area contributed by atoms with Gasteiger partial charge in [0.15, 0.2) is 0 Å². The number of nitrogens with zero attached hydrogens (tertiary/aromatic N) is 1. The highest BCUT2D eigenvalue weighted by Crippen LogP contribution is 2.13. The molecule has 0 heterocycles. The van der Waals surface area contributed by atoms with E-state index in [1.54, 1.807) is 12.1 Å². The molecule has 0 radical (unpaired) electrons. The van der Waals surface area contributed by atoms with E-state index in [1.165, 1.54) is 12.1 Å². The molecule has 0 aliphatic heterocycles. The molecule has 0 amide bonds. The Kier molecular flexibility index (Phi) is 9.87. The van der Waals surface area contributed by atoms with E-state index in [-0.39, 0.29) is 24.9 Å². The first-order valence-electron chi connectivity index (χ1n) is 8.91. The molecule has 1 unspecified atom stereocenters. The number of nitro benzene ring substituents is 1. The number of benzene rings is 1. The molecule has 152 valence electrons. The van der Waals surface area contributed by atoms with E-state index in [2.05, 4.69) is 10.6 Å². The fraction of sp³-hybridized carbons (Fsp3) is 0.611. The van der Waals surface area contributed by atoms with Gasteiger partial charge in [-0.25, -0.2) is 0 Å². The Morgan fingerprint density at radius 1 is 1.22 bits per heavy atom. The number of non-ortho nitro benzene ring substituents is 1. The molecule has 0 saturated carbocycles. The number of esters is 1. The second-order valence-electron chi connectivity index (χ2n) is 7.02. The molecule has 1 aromatic carbocycles. The molecule has 0 aromatic heterocycles. The average molecular weight is 382 g/mol. The van der Waals surface area contributed by atoms with Gasteiger partial charge in [0.05, 0.1) is 18.1 Å². The summed E-state index contributed by atoms with van der Waals surface area (Å²) in [5.74, 6) is -0.384. The minimum absolute atomic E-state index is 0.0250. The van der Waals surface area contributed by atoms with Crippen molar-refractivity contribution in [2.75, 3.05) is 32.8 Å². The predicted octanol–water partition coefficient (Wildman–Crippen LogP) is 0.960. The van der Waals surface area contributed by atoms with Crippen LogP contribution in [0.4, 0.5) is 5.69 Å². The molecule has 4 N–H and O–H groups in total. The Labute approximate surface area is 159 Å². The minimum Gasteiger partial charge on any atom is -0.459 e. The summed E-state index contributed by atoms with van der Waals surface area (Å²) in [7, 11) is 0. The second-order valence-corrected chi connectivity index (χ2v) is 7.02. The first-order chi connectivity index (χ1) is 12.7. The Balaban J connectivity index is 2.53. The first-order valence-corrected chi connectivity index (χ1v) is 8.91. The van der Waals surface area contributed by atoms with Crippen LogP contribution in [0.1, 0.15) is 26.3 Å². The highest BCUT2D eigenvalue weighted by atomic mass is 16.6. The summed E-state index contributed by atoms with van der Waals surface area (Å²) in [6.07, 6.45) is 0. The van der Waals surface area contributed by atoms with Gasteiger partial charge < -0.3 is 25.8 Å². The van der Waals surface area contributed by atoms with Crippen LogP contribution in [0.3, 0.4) is 0 Å². The molecule has 0 saturated heterocycles. The third kappa shape index (κ3) is 10.00. The summed E-state index contributed by atoms with van der Waals surface area (Å²) in [6, 6.07) is 5.49. The lowest BCUT2D eigenvalue weighted by molar-refractivity contribution is -0.384. The zero-order chi connectivity index (χ0) is 20.3. The third-order valence-corrected chi connectivity index (χ3v) is 3.41. The Hall–Kier alpha value is -2.07. The Bertz CT molecular complexity index is 586. The normalized spacial score (nSPS) is 12.6. The summed E-state index contributed by atoms with van der Waals surface area (Å²) in [5.41, 5.74) is 5.64. The molecule has 1 rings (SSSR count). The molecular formula is C18H30N4O5. The van der Waals surface area contributed by atoms with Crippen LogP contribution in [-0.2, 0) is 20.9 Å². The number of rotatable bonds is 12. The molecule has 0 bridgehead atoms. The maximum atomic E-state index is 12.4. The van der Waals surface area contributed by atoms with Gasteiger partial charge in [0.25, 0.3) is 5.69 Å². The van der Waals surface area contributed by atoms with Crippen LogP contribution >= 0.6 is 0 Å². The molecule has 1 atom stereocenters. The van der Waals surface area contributed by atoms with Gasteiger partial charge in [-0.1, -0.05) is 0 Å². The maximum Gasteiger partial charge on any atom is 0.326 e. The van der Waals surface area contributed by atoms with Gasteiger partial charge >= 0.3 is 5.97 Å². The number of carbonyl (C=O) groups is 1. The molecule has 9 heteroatoms. The molecule has 0 aliphatic carbocycles. The van der Waals surface area contributed by atoms with E-state index in [9.17, 15) is 14.9 Å². The van der Waals surface area contributed by atoms with Gasteiger partial charge in [0.1, 0.15) is 11.6 Å². The molecule has 0 fully saturated rings. The van der Waals surface area contributed by atoms with E-state index in [1.807, 2.05) is 20.8 Å². The molecule has 1 aromatic rings. The smallest absolute Gasteiger partial charge is 0.326 e. The van der Waals surface area contributed by atoms with Gasteiger partial charge in [-0.3, -0.25) is 14.9 Å². The third-order valence-electron chi connectivity index (χ3n) is 3.41. The summed E-state index contributed by atoms with van der Waals surface area (Å²) in [5, 5.41) is 16.9. The minimum atomic E-state index is -0.609. The van der Waals surface area contributed by atoms with E-state index >= 15 is 0 Å². The molecular weight excluding hydrogens is 352 g/mol. The van der Waals surface area contributed by atoms with Crippen molar-refractivity contribution in [3.8, 4) is 0 Å². The monoisotopic (exact) mass is 382 g/mol. The largest absolute Gasteiger partial charge is 0.459 e. The van der Waals surface area contributed by atoms with E-state index in [4.69, 9.17) is 15.2 Å².